The summed E-state index contributed by atoms with van der Waals surface area (Å²) in [5.41, 5.74) is -2.31. The number of benzene rings is 1. The van der Waals surface area contributed by atoms with Gasteiger partial charge in [-0.05, 0) is 49.8 Å². The third-order valence-electron chi connectivity index (χ3n) is 7.98. The van der Waals surface area contributed by atoms with Gasteiger partial charge in [-0.25, -0.2) is 9.59 Å². The van der Waals surface area contributed by atoms with E-state index in [4.69, 9.17) is 9.47 Å². The smallest absolute Gasteiger partial charge is 0.337 e. The highest BCUT2D eigenvalue weighted by atomic mass is 16.5. The molecular formula is C36H55NO10. The Hall–Kier alpha value is -3.73. The first-order valence-corrected chi connectivity index (χ1v) is 16.9. The Labute approximate surface area is 279 Å². The average molecular weight is 662 g/mol. The van der Waals surface area contributed by atoms with Crippen molar-refractivity contribution in [2.24, 2.45) is 5.92 Å². The minimum Gasteiger partial charge on any atom is -0.494 e. The summed E-state index contributed by atoms with van der Waals surface area (Å²) in [5.74, 6) is -6.21. The number of nitrogens with one attached hydrogen (secondary N) is 1. The molecular weight excluding hydrogens is 606 g/mol. The molecule has 0 spiro atoms. The van der Waals surface area contributed by atoms with Gasteiger partial charge in [0, 0.05) is 19.3 Å². The Bertz CT molecular complexity index is 1130. The second kappa shape index (κ2) is 23.6. The van der Waals surface area contributed by atoms with Crippen LogP contribution in [0.2, 0.25) is 0 Å². The standard InChI is InChI=1S/C36H55NO10/c1-4-6-8-11-14-17-28(38)18-15-12-9-10-13-16-19-30(36(45,35(43)44)26-32(39)40)33(41)37-31(34(42)46-3)25-27-20-22-29(23-21-27)47-24-7-5-2/h16,19-23,30-31,45H,4-15,17-18,24-26H2,1-3H3,(H,37,41)(H,39,40)(H,43,44)/b19-16+/t30-,31+,36+/m1/s1. The summed E-state index contributed by atoms with van der Waals surface area (Å²) in [6.45, 7) is 4.77. The zero-order chi connectivity index (χ0) is 35.1. The van der Waals surface area contributed by atoms with Crippen LogP contribution in [0.5, 0.6) is 5.75 Å². The van der Waals surface area contributed by atoms with Crippen LogP contribution in [0.25, 0.3) is 0 Å². The van der Waals surface area contributed by atoms with E-state index in [0.29, 0.717) is 43.6 Å². The molecule has 11 nitrogen and oxygen atoms in total. The minimum absolute atomic E-state index is 0.00409. The highest BCUT2D eigenvalue weighted by Crippen LogP contribution is 2.26. The lowest BCUT2D eigenvalue weighted by molar-refractivity contribution is -0.172. The van der Waals surface area contributed by atoms with Gasteiger partial charge in [-0.2, -0.15) is 0 Å². The van der Waals surface area contributed by atoms with E-state index >= 15 is 0 Å². The zero-order valence-electron chi connectivity index (χ0n) is 28.3. The Morgan fingerprint density at radius 1 is 0.851 bits per heavy atom. The predicted octanol–water partition coefficient (Wildman–Crippen LogP) is 5.80. The first-order chi connectivity index (χ1) is 22.5. The molecule has 0 aliphatic rings. The van der Waals surface area contributed by atoms with E-state index < -0.39 is 47.8 Å². The summed E-state index contributed by atoms with van der Waals surface area (Å²) in [6.07, 6.45) is 13.6. The number of amides is 1. The van der Waals surface area contributed by atoms with Gasteiger partial charge in [-0.15, -0.1) is 0 Å². The maximum atomic E-state index is 13.5. The molecule has 11 heteroatoms. The lowest BCUT2D eigenvalue weighted by atomic mass is 9.82. The van der Waals surface area contributed by atoms with Crippen molar-refractivity contribution in [1.29, 1.82) is 0 Å². The number of hydrogen-bond donors (Lipinski definition) is 4. The van der Waals surface area contributed by atoms with Crippen LogP contribution in [0.4, 0.5) is 0 Å². The number of carboxylic acids is 2. The largest absolute Gasteiger partial charge is 0.494 e. The molecule has 0 radical (unpaired) electrons. The quantitative estimate of drug-likeness (QED) is 0.0512. The third-order valence-corrected chi connectivity index (χ3v) is 7.98. The molecule has 264 valence electrons. The topological polar surface area (TPSA) is 177 Å². The molecule has 47 heavy (non-hydrogen) atoms. The average Bonchev–Trinajstić information content (AvgIpc) is 3.03. The number of aliphatic hydroxyl groups is 1. The fourth-order valence-corrected chi connectivity index (χ4v) is 5.12. The first kappa shape index (κ1) is 41.3. The number of carbonyl (C=O) groups excluding carboxylic acids is 3. The minimum atomic E-state index is -2.97. The Morgan fingerprint density at radius 2 is 1.45 bits per heavy atom. The second-order valence-electron chi connectivity index (χ2n) is 12.0. The maximum Gasteiger partial charge on any atom is 0.337 e. The molecule has 4 N–H and O–H groups in total. The molecule has 0 saturated heterocycles. The molecule has 1 aromatic rings. The van der Waals surface area contributed by atoms with Gasteiger partial charge in [-0.3, -0.25) is 14.4 Å². The van der Waals surface area contributed by atoms with E-state index in [1.807, 2.05) is 0 Å². The molecule has 1 aromatic carbocycles. The Kier molecular flexibility index (Phi) is 20.7. The lowest BCUT2D eigenvalue weighted by Gasteiger charge is -2.29. The normalized spacial score (nSPS) is 13.8. The van der Waals surface area contributed by atoms with Crippen LogP contribution in [0.3, 0.4) is 0 Å². The number of unbranched alkanes of at least 4 members (excludes halogenated alkanes) is 9. The summed E-state index contributed by atoms with van der Waals surface area (Å²) in [5, 5.41) is 32.6. The van der Waals surface area contributed by atoms with Crippen molar-refractivity contribution in [1.82, 2.24) is 5.32 Å². The number of Topliss-reactive ketones (excluding diaryl/α,β-unsaturated/α-hetero) is 1. The molecule has 0 saturated carbocycles. The monoisotopic (exact) mass is 661 g/mol. The zero-order valence-corrected chi connectivity index (χ0v) is 28.3. The highest BCUT2D eigenvalue weighted by molar-refractivity contribution is 5.94. The summed E-state index contributed by atoms with van der Waals surface area (Å²) < 4.78 is 10.5. The van der Waals surface area contributed by atoms with Crippen molar-refractivity contribution in [2.45, 2.75) is 128 Å². The van der Waals surface area contributed by atoms with Gasteiger partial charge in [0.25, 0.3) is 0 Å². The lowest BCUT2D eigenvalue weighted by Crippen LogP contribution is -2.55. The number of esters is 1. The number of ether oxygens (including phenoxy) is 2. The molecule has 0 aliphatic heterocycles. The number of carboxylic acid groups (broad SMARTS) is 2. The number of aliphatic carboxylic acids is 2. The van der Waals surface area contributed by atoms with Crippen molar-refractivity contribution >= 4 is 29.6 Å². The van der Waals surface area contributed by atoms with Crippen LogP contribution < -0.4 is 10.1 Å². The molecule has 0 unspecified atom stereocenters. The Balaban J connectivity index is 2.87. The van der Waals surface area contributed by atoms with Crippen LogP contribution >= 0.6 is 0 Å². The van der Waals surface area contributed by atoms with Gasteiger partial charge in [-0.1, -0.05) is 83.1 Å². The van der Waals surface area contributed by atoms with Crippen molar-refractivity contribution < 1.29 is 48.8 Å². The fraction of sp³-hybridized carbons (Fsp3) is 0.639. The number of ketones is 1. The number of allylic oxidation sites excluding steroid dienone is 1. The van der Waals surface area contributed by atoms with E-state index in [2.05, 4.69) is 19.2 Å². The van der Waals surface area contributed by atoms with E-state index in [1.54, 1.807) is 24.3 Å². The van der Waals surface area contributed by atoms with Crippen LogP contribution in [-0.4, -0.2) is 70.3 Å². The van der Waals surface area contributed by atoms with Crippen LogP contribution in [0, 0.1) is 5.92 Å². The van der Waals surface area contributed by atoms with Crippen molar-refractivity contribution in [3.05, 3.63) is 42.0 Å². The van der Waals surface area contributed by atoms with Gasteiger partial charge < -0.3 is 30.1 Å². The van der Waals surface area contributed by atoms with E-state index in [1.165, 1.54) is 25.0 Å². The SMILES string of the molecule is CCCCCCCC(=O)CCCCCC/C=C/[C@H](C(=O)N[C@@H](Cc1ccc(OCCCC)cc1)C(=O)OC)[C@@](O)(CC(=O)O)C(=O)O. The molecule has 0 aliphatic carbocycles. The number of methoxy groups -OCH3 is 1. The van der Waals surface area contributed by atoms with Gasteiger partial charge in [0.05, 0.1) is 26.1 Å². The fourth-order valence-electron chi connectivity index (χ4n) is 5.12. The molecule has 0 fully saturated rings. The third kappa shape index (κ3) is 16.6. The predicted molar refractivity (Wildman–Crippen MR) is 178 cm³/mol. The summed E-state index contributed by atoms with van der Waals surface area (Å²) in [7, 11) is 1.14. The van der Waals surface area contributed by atoms with Crippen LogP contribution in [0.15, 0.2) is 36.4 Å². The maximum absolute atomic E-state index is 13.5. The van der Waals surface area contributed by atoms with Crippen LogP contribution in [-0.2, 0) is 35.1 Å². The molecule has 0 aromatic heterocycles. The van der Waals surface area contributed by atoms with E-state index in [9.17, 15) is 39.3 Å². The van der Waals surface area contributed by atoms with Gasteiger partial charge >= 0.3 is 17.9 Å². The summed E-state index contributed by atoms with van der Waals surface area (Å²) in [4.78, 5) is 61.8. The van der Waals surface area contributed by atoms with Gasteiger partial charge in [0.15, 0.2) is 5.60 Å². The second-order valence-corrected chi connectivity index (χ2v) is 12.0. The van der Waals surface area contributed by atoms with E-state index in [-0.39, 0.29) is 12.2 Å². The van der Waals surface area contributed by atoms with Crippen molar-refractivity contribution in [2.75, 3.05) is 13.7 Å². The summed E-state index contributed by atoms with van der Waals surface area (Å²) >= 11 is 0. The molecule has 0 bridgehead atoms. The number of hydrogen-bond acceptors (Lipinski definition) is 8. The van der Waals surface area contributed by atoms with Crippen molar-refractivity contribution in [3.63, 3.8) is 0 Å². The molecule has 1 rings (SSSR count). The molecule has 1 amide bonds. The van der Waals surface area contributed by atoms with E-state index in [0.717, 1.165) is 58.5 Å². The Morgan fingerprint density at radius 3 is 2.00 bits per heavy atom. The van der Waals surface area contributed by atoms with Crippen LogP contribution in [0.1, 0.15) is 116 Å². The van der Waals surface area contributed by atoms with Gasteiger partial charge in [0.2, 0.25) is 5.91 Å². The number of carbonyl (C=O) groups is 5. The molecule has 0 heterocycles. The number of rotatable bonds is 27. The van der Waals surface area contributed by atoms with Crippen molar-refractivity contribution in [3.8, 4) is 5.75 Å². The summed E-state index contributed by atoms with van der Waals surface area (Å²) in [6, 6.07) is 5.68. The first-order valence-electron chi connectivity index (χ1n) is 16.9. The van der Waals surface area contributed by atoms with Gasteiger partial charge in [0.1, 0.15) is 17.6 Å². The molecule has 3 atom stereocenters. The highest BCUT2D eigenvalue weighted by Gasteiger charge is 2.49.